The van der Waals surface area contributed by atoms with Gasteiger partial charge in [-0.25, -0.2) is 8.42 Å². The topological polar surface area (TPSA) is 97.6 Å². The molecular weight excluding hydrogens is 478 g/mol. The Morgan fingerprint density at radius 3 is 2.44 bits per heavy atom. The molecule has 1 saturated carbocycles. The van der Waals surface area contributed by atoms with Crippen LogP contribution in [0.3, 0.4) is 0 Å². The van der Waals surface area contributed by atoms with Gasteiger partial charge in [-0.15, -0.1) is 0 Å². The Labute approximate surface area is 211 Å². The molecule has 1 saturated heterocycles. The molecule has 36 heavy (non-hydrogen) atoms. The Hall–Kier alpha value is -3.24. The van der Waals surface area contributed by atoms with E-state index < -0.39 is 10.0 Å². The SMILES string of the molecule is CC1CCC(Oc2c(N3CCN(S(=O)(=O)Cc4cccnc4)CC3)cnn(-c3ccccc3)c2=O)C1. The summed E-state index contributed by atoms with van der Waals surface area (Å²) in [4.78, 5) is 19.6. The van der Waals surface area contributed by atoms with Crippen LogP contribution < -0.4 is 15.2 Å². The minimum Gasteiger partial charge on any atom is -0.483 e. The lowest BCUT2D eigenvalue weighted by molar-refractivity contribution is 0.201. The van der Waals surface area contributed by atoms with Crippen molar-refractivity contribution in [2.75, 3.05) is 31.1 Å². The first-order valence-electron chi connectivity index (χ1n) is 12.4. The third-order valence-corrected chi connectivity index (χ3v) is 8.74. The van der Waals surface area contributed by atoms with Gasteiger partial charge in [-0.05, 0) is 48.9 Å². The Balaban J connectivity index is 1.38. The fraction of sp³-hybridized carbons (Fsp3) is 0.423. The van der Waals surface area contributed by atoms with Crippen molar-refractivity contribution in [2.24, 2.45) is 5.92 Å². The summed E-state index contributed by atoms with van der Waals surface area (Å²) >= 11 is 0. The van der Waals surface area contributed by atoms with E-state index in [-0.39, 0.29) is 17.4 Å². The highest BCUT2D eigenvalue weighted by molar-refractivity contribution is 7.88. The second-order valence-corrected chi connectivity index (χ2v) is 11.5. The maximum absolute atomic E-state index is 13.6. The van der Waals surface area contributed by atoms with Gasteiger partial charge in [0.15, 0.2) is 0 Å². The molecule has 10 heteroatoms. The first-order valence-corrected chi connectivity index (χ1v) is 14.0. The van der Waals surface area contributed by atoms with E-state index in [9.17, 15) is 13.2 Å². The van der Waals surface area contributed by atoms with E-state index in [4.69, 9.17) is 4.74 Å². The fourth-order valence-corrected chi connectivity index (χ4v) is 6.43. The molecule has 9 nitrogen and oxygen atoms in total. The molecule has 1 aromatic carbocycles. The number of ether oxygens (including phenoxy) is 1. The number of hydrogen-bond acceptors (Lipinski definition) is 7. The molecule has 1 aliphatic carbocycles. The zero-order valence-corrected chi connectivity index (χ0v) is 21.2. The maximum Gasteiger partial charge on any atom is 0.316 e. The van der Waals surface area contributed by atoms with Gasteiger partial charge in [0.05, 0.1) is 23.7 Å². The van der Waals surface area contributed by atoms with Crippen LogP contribution in [0.1, 0.15) is 31.7 Å². The van der Waals surface area contributed by atoms with Gasteiger partial charge < -0.3 is 9.64 Å². The summed E-state index contributed by atoms with van der Waals surface area (Å²) in [7, 11) is -3.47. The fourth-order valence-electron chi connectivity index (χ4n) is 4.94. The summed E-state index contributed by atoms with van der Waals surface area (Å²) in [5, 5.41) is 4.44. The van der Waals surface area contributed by atoms with Crippen LogP contribution in [-0.4, -0.2) is 59.8 Å². The number of pyridine rings is 1. The monoisotopic (exact) mass is 509 g/mol. The summed E-state index contributed by atoms with van der Waals surface area (Å²) in [6, 6.07) is 12.8. The number of benzene rings is 1. The van der Waals surface area contributed by atoms with Gasteiger partial charge in [-0.2, -0.15) is 14.1 Å². The molecule has 1 aliphatic heterocycles. The van der Waals surface area contributed by atoms with Crippen molar-refractivity contribution in [1.29, 1.82) is 0 Å². The Morgan fingerprint density at radius 2 is 1.78 bits per heavy atom. The van der Waals surface area contributed by atoms with Crippen LogP contribution in [0.5, 0.6) is 5.75 Å². The van der Waals surface area contributed by atoms with E-state index in [1.165, 1.54) is 8.99 Å². The predicted molar refractivity (Wildman–Crippen MR) is 138 cm³/mol. The maximum atomic E-state index is 13.6. The summed E-state index contributed by atoms with van der Waals surface area (Å²) in [5.41, 5.74) is 1.65. The number of sulfonamides is 1. The largest absolute Gasteiger partial charge is 0.483 e. The number of hydrogen-bond donors (Lipinski definition) is 0. The van der Waals surface area contributed by atoms with Gasteiger partial charge in [0.2, 0.25) is 15.8 Å². The van der Waals surface area contributed by atoms with Crippen molar-refractivity contribution in [2.45, 2.75) is 38.0 Å². The molecule has 190 valence electrons. The third kappa shape index (κ3) is 5.29. The number of rotatable bonds is 7. The minimum absolute atomic E-state index is 0.0146. The van der Waals surface area contributed by atoms with Crippen molar-refractivity contribution < 1.29 is 13.2 Å². The lowest BCUT2D eigenvalue weighted by Crippen LogP contribution is -2.49. The first kappa shape index (κ1) is 24.5. The van der Waals surface area contributed by atoms with Crippen LogP contribution in [0.4, 0.5) is 5.69 Å². The van der Waals surface area contributed by atoms with Crippen LogP contribution in [0.15, 0.2) is 65.8 Å². The highest BCUT2D eigenvalue weighted by atomic mass is 32.2. The van der Waals surface area contributed by atoms with Gasteiger partial charge in [0.25, 0.3) is 0 Å². The Bertz CT molecular complexity index is 1340. The number of anilines is 1. The summed E-state index contributed by atoms with van der Waals surface area (Å²) in [6.45, 7) is 3.74. The Kier molecular flexibility index (Phi) is 7.06. The lowest BCUT2D eigenvalue weighted by atomic mass is 10.1. The molecule has 0 radical (unpaired) electrons. The van der Waals surface area contributed by atoms with Crippen molar-refractivity contribution in [3.63, 3.8) is 0 Å². The van der Waals surface area contributed by atoms with Crippen LogP contribution >= 0.6 is 0 Å². The summed E-state index contributed by atoms with van der Waals surface area (Å²) < 4.78 is 35.2. The molecule has 0 bridgehead atoms. The molecule has 0 spiro atoms. The van der Waals surface area contributed by atoms with Crippen molar-refractivity contribution in [3.05, 3.63) is 77.0 Å². The molecular formula is C26H31N5O4S. The van der Waals surface area contributed by atoms with E-state index in [1.54, 1.807) is 30.7 Å². The van der Waals surface area contributed by atoms with Crippen molar-refractivity contribution >= 4 is 15.7 Å². The van der Waals surface area contributed by atoms with E-state index in [1.807, 2.05) is 35.2 Å². The molecule has 0 N–H and O–H groups in total. The van der Waals surface area contributed by atoms with Crippen molar-refractivity contribution in [3.8, 4) is 11.4 Å². The normalized spacial score (nSPS) is 21.0. The zero-order chi connectivity index (χ0) is 25.1. The second kappa shape index (κ2) is 10.4. The number of piperazine rings is 1. The zero-order valence-electron chi connectivity index (χ0n) is 20.4. The van der Waals surface area contributed by atoms with Gasteiger partial charge in [-0.3, -0.25) is 9.78 Å². The molecule has 2 aromatic heterocycles. The number of aromatic nitrogens is 3. The van der Waals surface area contributed by atoms with E-state index in [0.717, 1.165) is 19.3 Å². The molecule has 3 aromatic rings. The van der Waals surface area contributed by atoms with E-state index in [0.29, 0.717) is 54.8 Å². The third-order valence-electron chi connectivity index (χ3n) is 6.89. The second-order valence-electron chi connectivity index (χ2n) is 9.57. The number of para-hydroxylation sites is 1. The number of nitrogens with zero attached hydrogens (tertiary/aromatic N) is 5. The lowest BCUT2D eigenvalue weighted by Gasteiger charge is -2.36. The molecule has 5 rings (SSSR count). The standard InChI is InChI=1S/C26H31N5O4S/c1-20-9-10-23(16-20)35-25-24(18-28-31(26(25)32)22-7-3-2-4-8-22)29-12-14-30(15-13-29)36(33,34)19-21-6-5-11-27-17-21/h2-8,11,17-18,20,23H,9-10,12-16,19H2,1H3. The predicted octanol–water partition coefficient (Wildman–Crippen LogP) is 2.85. The Morgan fingerprint density at radius 1 is 1.00 bits per heavy atom. The van der Waals surface area contributed by atoms with Gasteiger partial charge in [0, 0.05) is 38.6 Å². The summed E-state index contributed by atoms with van der Waals surface area (Å²) in [6.07, 6.45) is 7.75. The van der Waals surface area contributed by atoms with Crippen LogP contribution in [0.2, 0.25) is 0 Å². The molecule has 2 fully saturated rings. The average Bonchev–Trinajstić information content (AvgIpc) is 3.30. The molecule has 2 aliphatic rings. The quantitative estimate of drug-likeness (QED) is 0.483. The van der Waals surface area contributed by atoms with Gasteiger partial charge in [-0.1, -0.05) is 31.2 Å². The van der Waals surface area contributed by atoms with E-state index in [2.05, 4.69) is 17.0 Å². The average molecular weight is 510 g/mol. The van der Waals surface area contributed by atoms with Crippen LogP contribution in [0, 0.1) is 5.92 Å². The van der Waals surface area contributed by atoms with Crippen LogP contribution in [0.25, 0.3) is 5.69 Å². The highest BCUT2D eigenvalue weighted by Gasteiger charge is 2.31. The van der Waals surface area contributed by atoms with Crippen LogP contribution in [-0.2, 0) is 15.8 Å². The molecule has 2 atom stereocenters. The molecule has 0 amide bonds. The smallest absolute Gasteiger partial charge is 0.316 e. The van der Waals surface area contributed by atoms with E-state index >= 15 is 0 Å². The van der Waals surface area contributed by atoms with Gasteiger partial charge in [0.1, 0.15) is 5.69 Å². The first-order chi connectivity index (χ1) is 17.4. The summed E-state index contributed by atoms with van der Waals surface area (Å²) in [5.74, 6) is 0.772. The highest BCUT2D eigenvalue weighted by Crippen LogP contribution is 2.32. The molecule has 2 unspecified atom stereocenters. The molecule has 3 heterocycles. The minimum atomic E-state index is -3.47. The van der Waals surface area contributed by atoms with Gasteiger partial charge >= 0.3 is 5.56 Å². The van der Waals surface area contributed by atoms with Crippen molar-refractivity contribution in [1.82, 2.24) is 19.1 Å².